The standard InChI is InChI=1S/C11H24O3/c1-10(2)4-8-14-9-6-11(12)5-7-13-3/h10-12H,4-9H2,1-3H3. The molecule has 1 atom stereocenters. The van der Waals surface area contributed by atoms with E-state index in [0.29, 0.717) is 32.0 Å². The first-order valence-corrected chi connectivity index (χ1v) is 5.41. The Morgan fingerprint density at radius 1 is 1.00 bits per heavy atom. The Balaban J connectivity index is 3.10. The Kier molecular flexibility index (Phi) is 9.35. The van der Waals surface area contributed by atoms with Crippen molar-refractivity contribution in [1.29, 1.82) is 0 Å². The van der Waals surface area contributed by atoms with Gasteiger partial charge in [-0.05, 0) is 25.2 Å². The van der Waals surface area contributed by atoms with Gasteiger partial charge in [-0.2, -0.15) is 0 Å². The van der Waals surface area contributed by atoms with E-state index in [-0.39, 0.29) is 6.10 Å². The minimum absolute atomic E-state index is 0.283. The van der Waals surface area contributed by atoms with Crippen LogP contribution in [-0.4, -0.2) is 38.1 Å². The lowest BCUT2D eigenvalue weighted by atomic mass is 10.1. The highest BCUT2D eigenvalue weighted by atomic mass is 16.5. The second kappa shape index (κ2) is 9.44. The fraction of sp³-hybridized carbons (Fsp3) is 1.00. The zero-order chi connectivity index (χ0) is 10.8. The Morgan fingerprint density at radius 2 is 1.57 bits per heavy atom. The Hall–Kier alpha value is -0.120. The lowest BCUT2D eigenvalue weighted by molar-refractivity contribution is 0.0585. The molecule has 0 heterocycles. The van der Waals surface area contributed by atoms with Crippen LogP contribution in [0, 0.1) is 5.92 Å². The van der Waals surface area contributed by atoms with Crippen LogP contribution >= 0.6 is 0 Å². The molecule has 0 fully saturated rings. The summed E-state index contributed by atoms with van der Waals surface area (Å²) in [6.45, 7) is 6.42. The second-order valence-corrected chi connectivity index (χ2v) is 4.02. The third-order valence-electron chi connectivity index (χ3n) is 2.09. The van der Waals surface area contributed by atoms with Crippen LogP contribution in [0.4, 0.5) is 0 Å². The van der Waals surface area contributed by atoms with Gasteiger partial charge in [-0.25, -0.2) is 0 Å². The van der Waals surface area contributed by atoms with Crippen LogP contribution < -0.4 is 0 Å². The summed E-state index contributed by atoms with van der Waals surface area (Å²) in [5, 5.41) is 9.43. The molecule has 0 aliphatic heterocycles. The van der Waals surface area contributed by atoms with E-state index in [9.17, 15) is 5.11 Å². The lowest BCUT2D eigenvalue weighted by Gasteiger charge is -2.10. The minimum Gasteiger partial charge on any atom is -0.393 e. The number of rotatable bonds is 9. The molecule has 0 aromatic heterocycles. The number of hydrogen-bond acceptors (Lipinski definition) is 3. The van der Waals surface area contributed by atoms with Crippen molar-refractivity contribution in [1.82, 2.24) is 0 Å². The highest BCUT2D eigenvalue weighted by Gasteiger charge is 2.03. The van der Waals surface area contributed by atoms with Gasteiger partial charge in [0, 0.05) is 26.9 Å². The van der Waals surface area contributed by atoms with Crippen molar-refractivity contribution in [2.75, 3.05) is 26.9 Å². The Labute approximate surface area is 87.4 Å². The van der Waals surface area contributed by atoms with E-state index in [0.717, 1.165) is 13.0 Å². The predicted molar refractivity (Wildman–Crippen MR) is 57.4 cm³/mol. The molecule has 3 nitrogen and oxygen atoms in total. The zero-order valence-electron chi connectivity index (χ0n) is 9.66. The molecule has 0 saturated heterocycles. The summed E-state index contributed by atoms with van der Waals surface area (Å²) in [5.41, 5.74) is 0. The van der Waals surface area contributed by atoms with Crippen molar-refractivity contribution in [3.05, 3.63) is 0 Å². The second-order valence-electron chi connectivity index (χ2n) is 4.02. The number of ether oxygens (including phenoxy) is 2. The van der Waals surface area contributed by atoms with Gasteiger partial charge in [0.1, 0.15) is 0 Å². The molecule has 0 aromatic carbocycles. The first kappa shape index (κ1) is 13.9. The largest absolute Gasteiger partial charge is 0.393 e. The van der Waals surface area contributed by atoms with E-state index >= 15 is 0 Å². The van der Waals surface area contributed by atoms with E-state index in [1.807, 2.05) is 0 Å². The molecule has 0 amide bonds. The van der Waals surface area contributed by atoms with Gasteiger partial charge in [0.25, 0.3) is 0 Å². The van der Waals surface area contributed by atoms with Crippen molar-refractivity contribution >= 4 is 0 Å². The molecule has 1 N–H and O–H groups in total. The average Bonchev–Trinajstić information content (AvgIpc) is 2.13. The van der Waals surface area contributed by atoms with Crippen molar-refractivity contribution < 1.29 is 14.6 Å². The molecule has 0 saturated carbocycles. The number of aliphatic hydroxyl groups is 1. The maximum Gasteiger partial charge on any atom is 0.0584 e. The maximum absolute atomic E-state index is 9.43. The van der Waals surface area contributed by atoms with E-state index in [1.165, 1.54) is 0 Å². The highest BCUT2D eigenvalue weighted by molar-refractivity contribution is 4.54. The summed E-state index contributed by atoms with van der Waals surface area (Å²) in [6, 6.07) is 0. The van der Waals surface area contributed by atoms with Crippen LogP contribution in [0.3, 0.4) is 0 Å². The molecule has 0 spiro atoms. The van der Waals surface area contributed by atoms with Crippen LogP contribution in [0.25, 0.3) is 0 Å². The van der Waals surface area contributed by atoms with Crippen molar-refractivity contribution in [3.63, 3.8) is 0 Å². The highest BCUT2D eigenvalue weighted by Crippen LogP contribution is 2.01. The van der Waals surface area contributed by atoms with Gasteiger partial charge in [-0.15, -0.1) is 0 Å². The van der Waals surface area contributed by atoms with Gasteiger partial charge in [0.05, 0.1) is 6.10 Å². The molecule has 14 heavy (non-hydrogen) atoms. The topological polar surface area (TPSA) is 38.7 Å². The SMILES string of the molecule is COCCC(O)CCOCCC(C)C. The monoisotopic (exact) mass is 204 g/mol. The molecule has 0 bridgehead atoms. The molecule has 0 radical (unpaired) electrons. The molecule has 0 aliphatic carbocycles. The van der Waals surface area contributed by atoms with Crippen molar-refractivity contribution in [2.24, 2.45) is 5.92 Å². The Morgan fingerprint density at radius 3 is 2.14 bits per heavy atom. The van der Waals surface area contributed by atoms with Crippen molar-refractivity contribution in [3.8, 4) is 0 Å². The maximum atomic E-state index is 9.43. The number of aliphatic hydroxyl groups excluding tert-OH is 1. The number of methoxy groups -OCH3 is 1. The molecule has 0 rings (SSSR count). The van der Waals surface area contributed by atoms with Gasteiger partial charge < -0.3 is 14.6 Å². The summed E-state index contributed by atoms with van der Waals surface area (Å²) in [4.78, 5) is 0. The van der Waals surface area contributed by atoms with E-state index in [4.69, 9.17) is 9.47 Å². The van der Waals surface area contributed by atoms with Gasteiger partial charge >= 0.3 is 0 Å². The molecular weight excluding hydrogens is 180 g/mol. The lowest BCUT2D eigenvalue weighted by Crippen LogP contribution is -2.13. The Bertz CT molecular complexity index is 115. The molecule has 86 valence electrons. The molecule has 1 unspecified atom stereocenters. The van der Waals surface area contributed by atoms with Gasteiger partial charge in [0.2, 0.25) is 0 Å². The van der Waals surface area contributed by atoms with Crippen LogP contribution in [0.1, 0.15) is 33.1 Å². The number of hydrogen-bond donors (Lipinski definition) is 1. The van der Waals surface area contributed by atoms with Crippen LogP contribution in [0.15, 0.2) is 0 Å². The fourth-order valence-corrected chi connectivity index (χ4v) is 1.04. The first-order chi connectivity index (χ1) is 6.66. The zero-order valence-corrected chi connectivity index (χ0v) is 9.66. The average molecular weight is 204 g/mol. The molecule has 0 aromatic rings. The van der Waals surface area contributed by atoms with E-state index < -0.39 is 0 Å². The third-order valence-corrected chi connectivity index (χ3v) is 2.09. The smallest absolute Gasteiger partial charge is 0.0584 e. The third kappa shape index (κ3) is 9.96. The van der Waals surface area contributed by atoms with Gasteiger partial charge in [-0.1, -0.05) is 13.8 Å². The molecule has 0 aliphatic rings. The van der Waals surface area contributed by atoms with Crippen LogP contribution in [0.2, 0.25) is 0 Å². The predicted octanol–water partition coefficient (Wildman–Crippen LogP) is 1.84. The summed E-state index contributed by atoms with van der Waals surface area (Å²) >= 11 is 0. The minimum atomic E-state index is -0.283. The van der Waals surface area contributed by atoms with Crippen molar-refractivity contribution in [2.45, 2.75) is 39.2 Å². The summed E-state index contributed by atoms with van der Waals surface area (Å²) in [7, 11) is 1.64. The van der Waals surface area contributed by atoms with Crippen LogP contribution in [0.5, 0.6) is 0 Å². The fourth-order valence-electron chi connectivity index (χ4n) is 1.04. The molecular formula is C11H24O3. The first-order valence-electron chi connectivity index (χ1n) is 5.41. The van der Waals surface area contributed by atoms with Gasteiger partial charge in [-0.3, -0.25) is 0 Å². The van der Waals surface area contributed by atoms with E-state index in [2.05, 4.69) is 13.8 Å². The quantitative estimate of drug-likeness (QED) is 0.582. The van der Waals surface area contributed by atoms with Gasteiger partial charge in [0.15, 0.2) is 0 Å². The van der Waals surface area contributed by atoms with E-state index in [1.54, 1.807) is 7.11 Å². The van der Waals surface area contributed by atoms with Crippen LogP contribution in [-0.2, 0) is 9.47 Å². The normalized spacial score (nSPS) is 13.5. The summed E-state index contributed by atoms with van der Waals surface area (Å²) in [5.74, 6) is 0.688. The summed E-state index contributed by atoms with van der Waals surface area (Å²) < 4.78 is 10.3. The summed E-state index contributed by atoms with van der Waals surface area (Å²) in [6.07, 6.45) is 2.22. The molecule has 3 heteroatoms.